The van der Waals surface area contributed by atoms with Gasteiger partial charge in [0.2, 0.25) is 5.91 Å². The Balaban J connectivity index is 2.51. The first-order valence-corrected chi connectivity index (χ1v) is 6.87. The minimum atomic E-state index is 0.134. The molecule has 2 atom stereocenters. The lowest BCUT2D eigenvalue weighted by Crippen LogP contribution is -2.32. The first-order chi connectivity index (χ1) is 8.02. The van der Waals surface area contributed by atoms with Gasteiger partial charge in [-0.15, -0.1) is 0 Å². The largest absolute Gasteiger partial charge is 0.354 e. The van der Waals surface area contributed by atoms with Gasteiger partial charge in [0, 0.05) is 16.9 Å². The Bertz CT molecular complexity index is 361. The van der Waals surface area contributed by atoms with Crippen LogP contribution in [0.2, 0.25) is 0 Å². The van der Waals surface area contributed by atoms with Crippen LogP contribution in [0.25, 0.3) is 0 Å². The molecular weight excluding hydrogens is 278 g/mol. The quantitative estimate of drug-likeness (QED) is 0.878. The molecule has 2 nitrogen and oxygen atoms in total. The van der Waals surface area contributed by atoms with Crippen molar-refractivity contribution in [1.82, 2.24) is 5.32 Å². The third-order valence-electron chi connectivity index (χ3n) is 2.95. The van der Waals surface area contributed by atoms with Crippen LogP contribution < -0.4 is 5.32 Å². The molecular formula is C14H20BrNO. The van der Waals surface area contributed by atoms with E-state index in [1.807, 2.05) is 19.1 Å². The zero-order valence-corrected chi connectivity index (χ0v) is 12.3. The predicted octanol–water partition coefficient (Wildman–Crippen LogP) is 3.86. The minimum Gasteiger partial charge on any atom is -0.354 e. The van der Waals surface area contributed by atoms with E-state index >= 15 is 0 Å². The monoisotopic (exact) mass is 297 g/mol. The minimum absolute atomic E-state index is 0.134. The average Bonchev–Trinajstić information content (AvgIpc) is 2.29. The summed E-state index contributed by atoms with van der Waals surface area (Å²) < 4.78 is 1.07. The van der Waals surface area contributed by atoms with Gasteiger partial charge in [-0.2, -0.15) is 0 Å². The molecule has 0 aromatic heterocycles. The molecule has 1 amide bonds. The van der Waals surface area contributed by atoms with Gasteiger partial charge in [0.25, 0.3) is 0 Å². The molecule has 0 aliphatic heterocycles. The van der Waals surface area contributed by atoms with Crippen LogP contribution in [0, 0.1) is 0 Å². The van der Waals surface area contributed by atoms with E-state index in [0.717, 1.165) is 10.9 Å². The Morgan fingerprint density at radius 2 is 1.88 bits per heavy atom. The van der Waals surface area contributed by atoms with Crippen LogP contribution in [0.5, 0.6) is 0 Å². The first kappa shape index (κ1) is 14.2. The van der Waals surface area contributed by atoms with Gasteiger partial charge in [0.15, 0.2) is 0 Å². The van der Waals surface area contributed by atoms with Crippen molar-refractivity contribution in [1.29, 1.82) is 0 Å². The fourth-order valence-corrected chi connectivity index (χ4v) is 1.89. The Hall–Kier alpha value is -0.830. The molecule has 0 bridgehead atoms. The van der Waals surface area contributed by atoms with E-state index < -0.39 is 0 Å². The lowest BCUT2D eigenvalue weighted by atomic mass is 9.97. The van der Waals surface area contributed by atoms with Gasteiger partial charge in [-0.1, -0.05) is 41.9 Å². The van der Waals surface area contributed by atoms with Crippen molar-refractivity contribution >= 4 is 21.8 Å². The Labute approximate surface area is 112 Å². The van der Waals surface area contributed by atoms with E-state index in [9.17, 15) is 4.79 Å². The number of hydrogen-bond acceptors (Lipinski definition) is 1. The van der Waals surface area contributed by atoms with Gasteiger partial charge in [-0.25, -0.2) is 0 Å². The summed E-state index contributed by atoms with van der Waals surface area (Å²) in [5, 5.41) is 2.99. The number of carbonyl (C=O) groups excluding carboxylic acids is 1. The van der Waals surface area contributed by atoms with Gasteiger partial charge in [-0.3, -0.25) is 4.79 Å². The van der Waals surface area contributed by atoms with Crippen LogP contribution in [-0.2, 0) is 4.79 Å². The summed E-state index contributed by atoms with van der Waals surface area (Å²) in [6.45, 7) is 6.19. The van der Waals surface area contributed by atoms with Crippen molar-refractivity contribution in [2.75, 3.05) is 0 Å². The highest BCUT2D eigenvalue weighted by molar-refractivity contribution is 9.10. The third-order valence-corrected chi connectivity index (χ3v) is 3.48. The topological polar surface area (TPSA) is 29.1 Å². The molecule has 2 unspecified atom stereocenters. The number of amides is 1. The maximum absolute atomic E-state index is 11.7. The first-order valence-electron chi connectivity index (χ1n) is 6.07. The van der Waals surface area contributed by atoms with Crippen molar-refractivity contribution in [3.63, 3.8) is 0 Å². The maximum atomic E-state index is 11.7. The standard InChI is InChI=1S/C14H20BrNO/c1-4-11(3)16-14(17)9-10(2)12-5-7-13(15)8-6-12/h5-8,10-11H,4,9H2,1-3H3,(H,16,17). The van der Waals surface area contributed by atoms with E-state index in [4.69, 9.17) is 0 Å². The summed E-state index contributed by atoms with van der Waals surface area (Å²) in [7, 11) is 0. The number of hydrogen-bond donors (Lipinski definition) is 1. The molecule has 0 saturated heterocycles. The fourth-order valence-electron chi connectivity index (χ4n) is 1.62. The van der Waals surface area contributed by atoms with Gasteiger partial charge >= 0.3 is 0 Å². The van der Waals surface area contributed by atoms with E-state index in [2.05, 4.69) is 47.2 Å². The Morgan fingerprint density at radius 3 is 2.41 bits per heavy atom. The summed E-state index contributed by atoms with van der Waals surface area (Å²) in [5.41, 5.74) is 1.20. The number of halogens is 1. The molecule has 0 aliphatic rings. The van der Waals surface area contributed by atoms with Crippen LogP contribution >= 0.6 is 15.9 Å². The molecule has 1 aromatic rings. The van der Waals surface area contributed by atoms with Crippen molar-refractivity contribution in [2.24, 2.45) is 0 Å². The zero-order valence-electron chi connectivity index (χ0n) is 10.7. The molecule has 1 N–H and O–H groups in total. The lowest BCUT2D eigenvalue weighted by molar-refractivity contribution is -0.122. The summed E-state index contributed by atoms with van der Waals surface area (Å²) in [6, 6.07) is 8.41. The summed E-state index contributed by atoms with van der Waals surface area (Å²) >= 11 is 3.41. The van der Waals surface area contributed by atoms with Crippen LogP contribution in [0.4, 0.5) is 0 Å². The highest BCUT2D eigenvalue weighted by Crippen LogP contribution is 2.21. The summed E-state index contributed by atoms with van der Waals surface area (Å²) in [5.74, 6) is 0.391. The van der Waals surface area contributed by atoms with E-state index in [-0.39, 0.29) is 17.9 Å². The van der Waals surface area contributed by atoms with Crippen molar-refractivity contribution in [3.8, 4) is 0 Å². The Kier molecular flexibility index (Phi) is 5.69. The van der Waals surface area contributed by atoms with Gasteiger partial charge in [0.1, 0.15) is 0 Å². The second kappa shape index (κ2) is 6.80. The zero-order chi connectivity index (χ0) is 12.8. The fraction of sp³-hybridized carbons (Fsp3) is 0.500. The second-order valence-electron chi connectivity index (χ2n) is 4.53. The van der Waals surface area contributed by atoms with Crippen LogP contribution in [0.3, 0.4) is 0 Å². The normalized spacial score (nSPS) is 14.1. The second-order valence-corrected chi connectivity index (χ2v) is 5.45. The van der Waals surface area contributed by atoms with E-state index in [1.165, 1.54) is 5.56 Å². The number of rotatable bonds is 5. The highest BCUT2D eigenvalue weighted by atomic mass is 79.9. The van der Waals surface area contributed by atoms with Gasteiger partial charge < -0.3 is 5.32 Å². The van der Waals surface area contributed by atoms with Gasteiger partial charge in [0.05, 0.1) is 0 Å². The molecule has 17 heavy (non-hydrogen) atoms. The molecule has 0 fully saturated rings. The molecule has 1 aromatic carbocycles. The molecule has 1 rings (SSSR count). The molecule has 0 radical (unpaired) electrons. The predicted molar refractivity (Wildman–Crippen MR) is 75.1 cm³/mol. The molecule has 0 aliphatic carbocycles. The van der Waals surface area contributed by atoms with Crippen LogP contribution in [0.1, 0.15) is 45.1 Å². The van der Waals surface area contributed by atoms with Crippen molar-refractivity contribution in [3.05, 3.63) is 34.3 Å². The SMILES string of the molecule is CCC(C)NC(=O)CC(C)c1ccc(Br)cc1. The summed E-state index contributed by atoms with van der Waals surface area (Å²) in [4.78, 5) is 11.7. The molecule has 0 spiro atoms. The molecule has 3 heteroatoms. The number of nitrogens with one attached hydrogen (secondary N) is 1. The number of carbonyl (C=O) groups is 1. The smallest absolute Gasteiger partial charge is 0.220 e. The maximum Gasteiger partial charge on any atom is 0.220 e. The lowest BCUT2D eigenvalue weighted by Gasteiger charge is -2.15. The van der Waals surface area contributed by atoms with Crippen LogP contribution in [0.15, 0.2) is 28.7 Å². The average molecular weight is 298 g/mol. The Morgan fingerprint density at radius 1 is 1.29 bits per heavy atom. The number of benzene rings is 1. The van der Waals surface area contributed by atoms with Crippen molar-refractivity contribution < 1.29 is 4.79 Å². The highest BCUT2D eigenvalue weighted by Gasteiger charge is 2.12. The molecule has 94 valence electrons. The third kappa shape index (κ3) is 4.90. The molecule has 0 saturated carbocycles. The van der Waals surface area contributed by atoms with Gasteiger partial charge in [-0.05, 0) is 37.0 Å². The van der Waals surface area contributed by atoms with Crippen LogP contribution in [-0.4, -0.2) is 11.9 Å². The van der Waals surface area contributed by atoms with E-state index in [1.54, 1.807) is 0 Å². The molecule has 0 heterocycles. The van der Waals surface area contributed by atoms with Crippen molar-refractivity contribution in [2.45, 2.75) is 45.6 Å². The summed E-state index contributed by atoms with van der Waals surface area (Å²) in [6.07, 6.45) is 1.52. The van der Waals surface area contributed by atoms with E-state index in [0.29, 0.717) is 6.42 Å².